The summed E-state index contributed by atoms with van der Waals surface area (Å²) >= 11 is 0. The monoisotopic (exact) mass is 439 g/mol. The smallest absolute Gasteiger partial charge is 0.258 e. The van der Waals surface area contributed by atoms with Gasteiger partial charge >= 0.3 is 0 Å². The van der Waals surface area contributed by atoms with Crippen molar-refractivity contribution < 1.29 is 19.1 Å². The fourth-order valence-electron chi connectivity index (χ4n) is 4.48. The SMILES string of the molecule is C[C@@H]1CCCCN1c1nc2c(c(=O)[nH]1)[C@@H](C(=O)Nc1ccc3c(c1)OCCO3)CC(=O)N2. The zero-order valence-corrected chi connectivity index (χ0v) is 17.8. The van der Waals surface area contributed by atoms with Gasteiger partial charge in [0.2, 0.25) is 17.8 Å². The van der Waals surface area contributed by atoms with E-state index in [1.165, 1.54) is 0 Å². The summed E-state index contributed by atoms with van der Waals surface area (Å²) in [6, 6.07) is 5.31. The minimum atomic E-state index is -0.948. The summed E-state index contributed by atoms with van der Waals surface area (Å²) in [5.74, 6) is -0.0302. The number of amides is 2. The van der Waals surface area contributed by atoms with Crippen molar-refractivity contribution in [2.24, 2.45) is 0 Å². The Hall–Kier alpha value is -3.56. The number of nitrogens with zero attached hydrogens (tertiary/aromatic N) is 2. The van der Waals surface area contributed by atoms with Crippen molar-refractivity contribution in [2.75, 3.05) is 35.3 Å². The van der Waals surface area contributed by atoms with E-state index >= 15 is 0 Å². The zero-order valence-electron chi connectivity index (χ0n) is 17.8. The van der Waals surface area contributed by atoms with Gasteiger partial charge in [-0.05, 0) is 38.3 Å². The highest BCUT2D eigenvalue weighted by molar-refractivity contribution is 6.04. The molecule has 32 heavy (non-hydrogen) atoms. The van der Waals surface area contributed by atoms with Gasteiger partial charge in [-0.1, -0.05) is 0 Å². The number of ether oxygens (including phenoxy) is 2. The quantitative estimate of drug-likeness (QED) is 0.668. The molecule has 0 spiro atoms. The minimum Gasteiger partial charge on any atom is -0.486 e. The number of fused-ring (bicyclic) bond motifs is 2. The number of anilines is 3. The first kappa shape index (κ1) is 20.3. The van der Waals surface area contributed by atoms with Gasteiger partial charge in [0.15, 0.2) is 11.5 Å². The number of carbonyl (C=O) groups excluding carboxylic acids is 2. The number of hydrogen-bond acceptors (Lipinski definition) is 7. The second kappa shape index (κ2) is 8.18. The van der Waals surface area contributed by atoms with Crippen LogP contribution in [-0.2, 0) is 9.59 Å². The largest absolute Gasteiger partial charge is 0.486 e. The number of aromatic amines is 1. The Morgan fingerprint density at radius 3 is 2.81 bits per heavy atom. The molecule has 1 aromatic carbocycles. The van der Waals surface area contributed by atoms with Crippen LogP contribution in [0.5, 0.6) is 11.5 Å². The van der Waals surface area contributed by atoms with Crippen molar-refractivity contribution in [2.45, 2.75) is 44.6 Å². The Balaban J connectivity index is 1.43. The highest BCUT2D eigenvalue weighted by Gasteiger charge is 2.35. The highest BCUT2D eigenvalue weighted by Crippen LogP contribution is 2.34. The molecule has 4 heterocycles. The van der Waals surface area contributed by atoms with E-state index in [4.69, 9.17) is 9.47 Å². The van der Waals surface area contributed by atoms with Crippen molar-refractivity contribution in [3.63, 3.8) is 0 Å². The molecule has 1 aromatic heterocycles. The van der Waals surface area contributed by atoms with Gasteiger partial charge in [0.25, 0.3) is 5.56 Å². The van der Waals surface area contributed by atoms with Crippen LogP contribution in [0.2, 0.25) is 0 Å². The molecule has 0 radical (unpaired) electrons. The molecule has 3 N–H and O–H groups in total. The van der Waals surface area contributed by atoms with Crippen molar-refractivity contribution in [1.29, 1.82) is 0 Å². The summed E-state index contributed by atoms with van der Waals surface area (Å²) < 4.78 is 11.0. The molecular formula is C22H25N5O5. The third-order valence-electron chi connectivity index (χ3n) is 6.14. The van der Waals surface area contributed by atoms with E-state index < -0.39 is 17.4 Å². The van der Waals surface area contributed by atoms with Crippen LogP contribution in [0.25, 0.3) is 0 Å². The van der Waals surface area contributed by atoms with Gasteiger partial charge in [-0.2, -0.15) is 4.98 Å². The number of aromatic nitrogens is 2. The average molecular weight is 439 g/mol. The predicted octanol–water partition coefficient (Wildman–Crippen LogP) is 1.98. The van der Waals surface area contributed by atoms with Gasteiger partial charge < -0.3 is 25.0 Å². The molecule has 0 saturated carbocycles. The van der Waals surface area contributed by atoms with E-state index in [1.54, 1.807) is 18.2 Å². The van der Waals surface area contributed by atoms with Crippen molar-refractivity contribution in [3.05, 3.63) is 34.1 Å². The Morgan fingerprint density at radius 1 is 1.19 bits per heavy atom. The molecule has 3 aliphatic rings. The van der Waals surface area contributed by atoms with Crippen LogP contribution in [0, 0.1) is 0 Å². The maximum Gasteiger partial charge on any atom is 0.258 e. The molecule has 0 unspecified atom stereocenters. The summed E-state index contributed by atoms with van der Waals surface area (Å²) in [5, 5.41) is 5.46. The summed E-state index contributed by atoms with van der Waals surface area (Å²) in [4.78, 5) is 47.8. The minimum absolute atomic E-state index is 0.131. The summed E-state index contributed by atoms with van der Waals surface area (Å²) in [6.07, 6.45) is 3.02. The maximum absolute atomic E-state index is 13.1. The number of piperidine rings is 1. The average Bonchev–Trinajstić information content (AvgIpc) is 2.78. The molecule has 2 amide bonds. The molecule has 0 bridgehead atoms. The number of benzene rings is 1. The third-order valence-corrected chi connectivity index (χ3v) is 6.14. The molecule has 5 rings (SSSR count). The van der Waals surface area contributed by atoms with Crippen molar-refractivity contribution in [3.8, 4) is 11.5 Å². The van der Waals surface area contributed by atoms with Crippen LogP contribution < -0.4 is 30.6 Å². The van der Waals surface area contributed by atoms with Crippen LogP contribution >= 0.6 is 0 Å². The molecule has 2 atom stereocenters. The van der Waals surface area contributed by atoms with Crippen LogP contribution in [0.3, 0.4) is 0 Å². The predicted molar refractivity (Wildman–Crippen MR) is 118 cm³/mol. The molecule has 168 valence electrons. The second-order valence-electron chi connectivity index (χ2n) is 8.34. The summed E-state index contributed by atoms with van der Waals surface area (Å²) in [6.45, 7) is 3.77. The topological polar surface area (TPSA) is 126 Å². The number of hydrogen-bond donors (Lipinski definition) is 3. The molecule has 0 aliphatic carbocycles. The Kier molecular flexibility index (Phi) is 5.20. The lowest BCUT2D eigenvalue weighted by Gasteiger charge is -2.34. The van der Waals surface area contributed by atoms with E-state index in [-0.39, 0.29) is 29.8 Å². The number of H-pyrrole nitrogens is 1. The fourth-order valence-corrected chi connectivity index (χ4v) is 4.48. The van der Waals surface area contributed by atoms with E-state index in [0.29, 0.717) is 36.3 Å². The van der Waals surface area contributed by atoms with Gasteiger partial charge in [-0.25, -0.2) is 0 Å². The fraction of sp³-hybridized carbons (Fsp3) is 0.455. The van der Waals surface area contributed by atoms with Gasteiger partial charge in [0.05, 0.1) is 11.5 Å². The molecule has 1 fully saturated rings. The Bertz CT molecular complexity index is 1130. The molecule has 2 aromatic rings. The van der Waals surface area contributed by atoms with Gasteiger partial charge in [-0.3, -0.25) is 19.4 Å². The molecule has 1 saturated heterocycles. The second-order valence-corrected chi connectivity index (χ2v) is 8.34. The van der Waals surface area contributed by atoms with E-state index in [2.05, 4.69) is 27.5 Å². The lowest BCUT2D eigenvalue weighted by atomic mass is 9.92. The third kappa shape index (κ3) is 3.76. The first-order valence-electron chi connectivity index (χ1n) is 10.9. The van der Waals surface area contributed by atoms with E-state index in [1.807, 2.05) is 4.90 Å². The zero-order chi connectivity index (χ0) is 22.2. The van der Waals surface area contributed by atoms with Crippen LogP contribution in [0.4, 0.5) is 17.5 Å². The van der Waals surface area contributed by atoms with E-state index in [9.17, 15) is 14.4 Å². The Labute approximate surface area is 184 Å². The Morgan fingerprint density at radius 2 is 2.00 bits per heavy atom. The normalized spacial score (nSPS) is 22.0. The standard InChI is InChI=1S/C22H25N5O5/c1-12-4-2-3-7-27(12)22-25-19-18(21(30)26-22)14(11-17(28)24-19)20(29)23-13-5-6-15-16(10-13)32-9-8-31-15/h5-6,10,12,14H,2-4,7-9,11H2,1H3,(H,23,29)(H2,24,25,26,28,30)/t12-,14+/m1/s1. The van der Waals surface area contributed by atoms with Gasteiger partial charge in [0.1, 0.15) is 19.0 Å². The molecule has 10 heteroatoms. The van der Waals surface area contributed by atoms with Crippen LogP contribution in [0.15, 0.2) is 23.0 Å². The highest BCUT2D eigenvalue weighted by atomic mass is 16.6. The van der Waals surface area contributed by atoms with E-state index in [0.717, 1.165) is 25.8 Å². The van der Waals surface area contributed by atoms with Gasteiger partial charge in [-0.15, -0.1) is 0 Å². The number of carbonyl (C=O) groups is 2. The first-order valence-corrected chi connectivity index (χ1v) is 10.9. The number of rotatable bonds is 3. The first-order chi connectivity index (χ1) is 15.5. The lowest BCUT2D eigenvalue weighted by Crippen LogP contribution is -2.42. The van der Waals surface area contributed by atoms with Crippen LogP contribution in [0.1, 0.15) is 44.1 Å². The maximum atomic E-state index is 13.1. The van der Waals surface area contributed by atoms with Crippen molar-refractivity contribution in [1.82, 2.24) is 9.97 Å². The molecule has 3 aliphatic heterocycles. The molecular weight excluding hydrogens is 414 g/mol. The van der Waals surface area contributed by atoms with Gasteiger partial charge in [0, 0.05) is 30.8 Å². The molecule has 10 nitrogen and oxygen atoms in total. The summed E-state index contributed by atoms with van der Waals surface area (Å²) in [7, 11) is 0. The van der Waals surface area contributed by atoms with Crippen LogP contribution in [-0.4, -0.2) is 47.6 Å². The number of nitrogens with one attached hydrogen (secondary N) is 3. The van der Waals surface area contributed by atoms with Crippen molar-refractivity contribution >= 4 is 29.3 Å². The lowest BCUT2D eigenvalue weighted by molar-refractivity contribution is -0.123. The summed E-state index contributed by atoms with van der Waals surface area (Å²) in [5.41, 5.74) is 0.257.